The van der Waals surface area contributed by atoms with Crippen LogP contribution < -0.4 is 11.1 Å². The van der Waals surface area contributed by atoms with Crippen molar-refractivity contribution in [3.05, 3.63) is 24.0 Å². The summed E-state index contributed by atoms with van der Waals surface area (Å²) in [5.41, 5.74) is 6.11. The number of nitrogens with one attached hydrogen (secondary N) is 1. The Morgan fingerprint density at radius 1 is 1.44 bits per heavy atom. The predicted octanol–water partition coefficient (Wildman–Crippen LogP) is -0.507. The largest absolute Gasteiger partial charge is 0.481 e. The molecule has 1 fully saturated rings. The van der Waals surface area contributed by atoms with Crippen molar-refractivity contribution in [2.75, 3.05) is 18.9 Å². The molecule has 1 aliphatic heterocycles. The van der Waals surface area contributed by atoms with Gasteiger partial charge in [0.2, 0.25) is 0 Å². The molecule has 0 bridgehead atoms. The van der Waals surface area contributed by atoms with E-state index in [4.69, 9.17) is 15.6 Å². The average Bonchev–Trinajstić information content (AvgIpc) is 2.78. The number of carboxylic acid groups (broad SMARTS) is 1. The van der Waals surface area contributed by atoms with Crippen LogP contribution in [0.15, 0.2) is 18.3 Å². The number of nitrogens with two attached hydrogens (primary N) is 1. The molecule has 1 amide bonds. The molecule has 2 rings (SSSR count). The van der Waals surface area contributed by atoms with Gasteiger partial charge in [-0.1, -0.05) is 0 Å². The van der Waals surface area contributed by atoms with Crippen LogP contribution in [0.25, 0.3) is 0 Å². The highest BCUT2D eigenvalue weighted by Crippen LogP contribution is 2.14. The maximum absolute atomic E-state index is 11.8. The molecule has 1 aromatic heterocycles. The van der Waals surface area contributed by atoms with Crippen LogP contribution in [-0.2, 0) is 9.53 Å². The summed E-state index contributed by atoms with van der Waals surface area (Å²) in [6.07, 6.45) is 1.37. The smallest absolute Gasteiger partial charge is 0.311 e. The highest BCUT2D eigenvalue weighted by Gasteiger charge is 2.35. The highest BCUT2D eigenvalue weighted by atomic mass is 16.5. The van der Waals surface area contributed by atoms with Crippen molar-refractivity contribution in [2.24, 2.45) is 5.92 Å². The molecule has 0 aromatic carbocycles. The predicted molar refractivity (Wildman–Crippen MR) is 61.8 cm³/mol. The lowest BCUT2D eigenvalue weighted by molar-refractivity contribution is -0.142. The Balaban J connectivity index is 2.03. The lowest BCUT2D eigenvalue weighted by Gasteiger charge is -2.15. The number of carboxylic acids is 1. The zero-order chi connectivity index (χ0) is 13.1. The van der Waals surface area contributed by atoms with Gasteiger partial charge in [-0.2, -0.15) is 0 Å². The van der Waals surface area contributed by atoms with Gasteiger partial charge in [0.1, 0.15) is 11.6 Å². The number of hydrogen-bond donors (Lipinski definition) is 3. The fraction of sp³-hybridized carbons (Fsp3) is 0.364. The van der Waals surface area contributed by atoms with Gasteiger partial charge in [-0.25, -0.2) is 4.98 Å². The number of pyridine rings is 1. The Hall–Kier alpha value is -2.15. The number of aromatic nitrogens is 1. The molecule has 18 heavy (non-hydrogen) atoms. The minimum Gasteiger partial charge on any atom is -0.481 e. The fourth-order valence-electron chi connectivity index (χ4n) is 1.72. The molecule has 1 aliphatic rings. The molecule has 2 unspecified atom stereocenters. The fourth-order valence-corrected chi connectivity index (χ4v) is 1.72. The number of carbonyl (C=O) groups excluding carboxylic acids is 1. The maximum Gasteiger partial charge on any atom is 0.311 e. The summed E-state index contributed by atoms with van der Waals surface area (Å²) in [4.78, 5) is 26.6. The number of nitrogens with zero attached hydrogens (tertiary/aromatic N) is 1. The van der Waals surface area contributed by atoms with E-state index in [1.165, 1.54) is 12.3 Å². The van der Waals surface area contributed by atoms with Gasteiger partial charge < -0.3 is 20.9 Å². The average molecular weight is 251 g/mol. The van der Waals surface area contributed by atoms with E-state index in [1.807, 2.05) is 0 Å². The van der Waals surface area contributed by atoms with E-state index in [0.29, 0.717) is 5.69 Å². The Kier molecular flexibility index (Phi) is 3.42. The molecule has 0 radical (unpaired) electrons. The number of hydrogen-bond acceptors (Lipinski definition) is 5. The van der Waals surface area contributed by atoms with E-state index < -0.39 is 23.8 Å². The molecule has 7 nitrogen and oxygen atoms in total. The molecule has 2 heterocycles. The van der Waals surface area contributed by atoms with Crippen LogP contribution in [0, 0.1) is 5.92 Å². The van der Waals surface area contributed by atoms with E-state index in [-0.39, 0.29) is 18.9 Å². The highest BCUT2D eigenvalue weighted by molar-refractivity contribution is 5.93. The van der Waals surface area contributed by atoms with Crippen molar-refractivity contribution in [3.8, 4) is 0 Å². The summed E-state index contributed by atoms with van der Waals surface area (Å²) in [6.45, 7) is 0.299. The third-order valence-corrected chi connectivity index (χ3v) is 2.73. The van der Waals surface area contributed by atoms with Crippen LogP contribution in [0.5, 0.6) is 0 Å². The standard InChI is InChI=1S/C11H13N3O4/c12-6-1-2-8(13-3-6)10(15)14-9-5-18-4-7(9)11(16)17/h1-3,7,9H,4-5,12H2,(H,14,15)(H,16,17). The molecule has 0 aliphatic carbocycles. The maximum atomic E-state index is 11.8. The second kappa shape index (κ2) is 5.01. The van der Waals surface area contributed by atoms with Crippen molar-refractivity contribution in [1.29, 1.82) is 0 Å². The van der Waals surface area contributed by atoms with Crippen molar-refractivity contribution < 1.29 is 19.4 Å². The lowest BCUT2D eigenvalue weighted by atomic mass is 10.0. The molecular weight excluding hydrogens is 238 g/mol. The third kappa shape index (κ3) is 2.57. The molecule has 96 valence electrons. The van der Waals surface area contributed by atoms with E-state index in [9.17, 15) is 9.59 Å². The zero-order valence-electron chi connectivity index (χ0n) is 9.50. The molecule has 2 atom stereocenters. The van der Waals surface area contributed by atoms with Crippen LogP contribution in [0.1, 0.15) is 10.5 Å². The third-order valence-electron chi connectivity index (χ3n) is 2.73. The summed E-state index contributed by atoms with van der Waals surface area (Å²) in [5, 5.41) is 11.5. The van der Waals surface area contributed by atoms with Gasteiger partial charge in [-0.3, -0.25) is 9.59 Å². The molecule has 1 saturated heterocycles. The molecule has 0 saturated carbocycles. The summed E-state index contributed by atoms with van der Waals surface area (Å²) in [6, 6.07) is 2.51. The van der Waals surface area contributed by atoms with Crippen LogP contribution in [0.3, 0.4) is 0 Å². The summed E-state index contributed by atoms with van der Waals surface area (Å²) in [5.74, 6) is -2.14. The minimum absolute atomic E-state index is 0.107. The van der Waals surface area contributed by atoms with E-state index in [1.54, 1.807) is 6.07 Å². The monoisotopic (exact) mass is 251 g/mol. The van der Waals surface area contributed by atoms with Crippen LogP contribution >= 0.6 is 0 Å². The van der Waals surface area contributed by atoms with Gasteiger partial charge in [0, 0.05) is 0 Å². The van der Waals surface area contributed by atoms with E-state index in [2.05, 4.69) is 10.3 Å². The summed E-state index contributed by atoms with van der Waals surface area (Å²) < 4.78 is 5.05. The van der Waals surface area contributed by atoms with Gasteiger partial charge >= 0.3 is 5.97 Å². The van der Waals surface area contributed by atoms with E-state index >= 15 is 0 Å². The number of carbonyl (C=O) groups is 2. The lowest BCUT2D eigenvalue weighted by Crippen LogP contribution is -2.42. The number of aliphatic carboxylic acids is 1. The Bertz CT molecular complexity index is 460. The molecular formula is C11H13N3O4. The van der Waals surface area contributed by atoms with Crippen molar-refractivity contribution in [3.63, 3.8) is 0 Å². The van der Waals surface area contributed by atoms with Crippen molar-refractivity contribution in [1.82, 2.24) is 10.3 Å². The molecule has 1 aromatic rings. The number of ether oxygens (including phenoxy) is 1. The van der Waals surface area contributed by atoms with Crippen molar-refractivity contribution >= 4 is 17.6 Å². The zero-order valence-corrected chi connectivity index (χ0v) is 9.50. The second-order valence-corrected chi connectivity index (χ2v) is 4.04. The van der Waals surface area contributed by atoms with E-state index in [0.717, 1.165) is 0 Å². The van der Waals surface area contributed by atoms with Gasteiger partial charge in [-0.15, -0.1) is 0 Å². The number of rotatable bonds is 3. The second-order valence-electron chi connectivity index (χ2n) is 4.04. The van der Waals surface area contributed by atoms with Crippen LogP contribution in [0.2, 0.25) is 0 Å². The first kappa shape index (κ1) is 12.3. The Morgan fingerprint density at radius 3 is 2.83 bits per heavy atom. The normalized spacial score (nSPS) is 22.7. The number of amides is 1. The molecule has 0 spiro atoms. The first-order valence-corrected chi connectivity index (χ1v) is 5.41. The van der Waals surface area contributed by atoms with Crippen molar-refractivity contribution in [2.45, 2.75) is 6.04 Å². The quantitative estimate of drug-likeness (QED) is 0.666. The van der Waals surface area contributed by atoms with Crippen LogP contribution in [0.4, 0.5) is 5.69 Å². The number of anilines is 1. The topological polar surface area (TPSA) is 115 Å². The van der Waals surface area contributed by atoms with Gasteiger partial charge in [0.05, 0.1) is 31.1 Å². The SMILES string of the molecule is Nc1ccc(C(=O)NC2COCC2C(=O)O)nc1. The summed E-state index contributed by atoms with van der Waals surface area (Å²) in [7, 11) is 0. The Morgan fingerprint density at radius 2 is 2.22 bits per heavy atom. The van der Waals surface area contributed by atoms with Gasteiger partial charge in [0.15, 0.2) is 0 Å². The molecule has 4 N–H and O–H groups in total. The van der Waals surface area contributed by atoms with Crippen LogP contribution in [-0.4, -0.2) is 41.2 Å². The first-order chi connectivity index (χ1) is 8.58. The first-order valence-electron chi connectivity index (χ1n) is 5.41. The molecule has 7 heteroatoms. The number of nitrogen functional groups attached to an aromatic ring is 1. The van der Waals surface area contributed by atoms with Gasteiger partial charge in [-0.05, 0) is 12.1 Å². The Labute approximate surface area is 103 Å². The van der Waals surface area contributed by atoms with Gasteiger partial charge in [0.25, 0.3) is 5.91 Å². The summed E-state index contributed by atoms with van der Waals surface area (Å²) >= 11 is 0. The minimum atomic E-state index is -0.983.